The zero-order chi connectivity index (χ0) is 12.4. The van der Waals surface area contributed by atoms with Crippen molar-refractivity contribution in [3.8, 4) is 0 Å². The van der Waals surface area contributed by atoms with Gasteiger partial charge in [0.25, 0.3) is 0 Å². The predicted molar refractivity (Wildman–Crippen MR) is 64.3 cm³/mol. The van der Waals surface area contributed by atoms with E-state index in [-0.39, 0.29) is 12.1 Å². The molecule has 0 amide bonds. The van der Waals surface area contributed by atoms with Crippen molar-refractivity contribution in [2.45, 2.75) is 32.8 Å². The van der Waals surface area contributed by atoms with Crippen LogP contribution in [0, 0.1) is 11.8 Å². The van der Waals surface area contributed by atoms with Crippen LogP contribution in [0.15, 0.2) is 11.3 Å². The topological polar surface area (TPSA) is 47.6 Å². The molecule has 1 N–H and O–H groups in total. The number of hydrogen-bond acceptors (Lipinski definition) is 4. The fourth-order valence-electron chi connectivity index (χ4n) is 2.95. The van der Waals surface area contributed by atoms with E-state index in [9.17, 15) is 4.79 Å². The van der Waals surface area contributed by atoms with Gasteiger partial charge in [-0.2, -0.15) is 0 Å². The first-order valence-electron chi connectivity index (χ1n) is 6.35. The van der Waals surface area contributed by atoms with E-state index >= 15 is 0 Å². The lowest BCUT2D eigenvalue weighted by Gasteiger charge is -2.30. The van der Waals surface area contributed by atoms with Gasteiger partial charge in [0.15, 0.2) is 0 Å². The van der Waals surface area contributed by atoms with Crippen LogP contribution < -0.4 is 5.32 Å². The first kappa shape index (κ1) is 12.4. The highest BCUT2D eigenvalue weighted by Gasteiger charge is 2.41. The second-order valence-electron chi connectivity index (χ2n) is 4.81. The Morgan fingerprint density at radius 3 is 2.94 bits per heavy atom. The molecule has 0 bridgehead atoms. The number of rotatable bonds is 3. The first-order valence-corrected chi connectivity index (χ1v) is 6.35. The Bertz CT molecular complexity index is 338. The molecule has 0 aromatic rings. The van der Waals surface area contributed by atoms with Crippen molar-refractivity contribution in [1.29, 1.82) is 0 Å². The number of ether oxygens (including phenoxy) is 2. The SMILES string of the molecule is CCOC(=O)C1=C2NC[C@@H](OC)[C@H]2[C@H](C)CC1. The molecule has 4 heteroatoms. The van der Waals surface area contributed by atoms with Crippen molar-refractivity contribution in [1.82, 2.24) is 5.32 Å². The average Bonchev–Trinajstić information content (AvgIpc) is 2.74. The molecule has 1 saturated heterocycles. The molecule has 96 valence electrons. The molecule has 2 aliphatic rings. The molecule has 3 atom stereocenters. The minimum absolute atomic E-state index is 0.163. The van der Waals surface area contributed by atoms with Gasteiger partial charge in [0, 0.05) is 25.3 Å². The summed E-state index contributed by atoms with van der Waals surface area (Å²) >= 11 is 0. The number of nitrogens with one attached hydrogen (secondary N) is 1. The highest BCUT2D eigenvalue weighted by Crippen LogP contribution is 2.39. The lowest BCUT2D eigenvalue weighted by atomic mass is 9.78. The zero-order valence-corrected chi connectivity index (χ0v) is 10.8. The molecular formula is C13H21NO3. The van der Waals surface area contributed by atoms with Gasteiger partial charge in [-0.1, -0.05) is 6.92 Å². The Morgan fingerprint density at radius 1 is 1.53 bits per heavy atom. The first-order chi connectivity index (χ1) is 8.19. The third-order valence-corrected chi connectivity index (χ3v) is 3.84. The van der Waals surface area contributed by atoms with Crippen molar-refractivity contribution < 1.29 is 14.3 Å². The molecule has 0 saturated carbocycles. The Morgan fingerprint density at radius 2 is 2.29 bits per heavy atom. The number of fused-ring (bicyclic) bond motifs is 1. The molecule has 0 radical (unpaired) electrons. The monoisotopic (exact) mass is 239 g/mol. The van der Waals surface area contributed by atoms with Crippen LogP contribution in [-0.2, 0) is 14.3 Å². The number of carbonyl (C=O) groups is 1. The Hall–Kier alpha value is -1.03. The molecule has 2 rings (SSSR count). The van der Waals surface area contributed by atoms with Crippen molar-refractivity contribution >= 4 is 5.97 Å². The van der Waals surface area contributed by atoms with Gasteiger partial charge in [-0.25, -0.2) is 4.79 Å². The van der Waals surface area contributed by atoms with Crippen LogP contribution in [-0.4, -0.2) is 32.3 Å². The Labute approximate surface area is 102 Å². The van der Waals surface area contributed by atoms with Gasteiger partial charge in [-0.3, -0.25) is 0 Å². The van der Waals surface area contributed by atoms with Crippen molar-refractivity contribution in [3.63, 3.8) is 0 Å². The number of hydrogen-bond donors (Lipinski definition) is 1. The minimum atomic E-state index is -0.163. The summed E-state index contributed by atoms with van der Waals surface area (Å²) in [5.74, 6) is 0.722. The summed E-state index contributed by atoms with van der Waals surface area (Å²) in [6, 6.07) is 0. The van der Waals surface area contributed by atoms with Crippen molar-refractivity contribution in [3.05, 3.63) is 11.3 Å². The molecule has 0 unspecified atom stereocenters. The molecule has 17 heavy (non-hydrogen) atoms. The summed E-state index contributed by atoms with van der Waals surface area (Å²) in [4.78, 5) is 11.9. The van der Waals surface area contributed by atoms with E-state index in [4.69, 9.17) is 9.47 Å². The molecule has 0 aromatic heterocycles. The summed E-state index contributed by atoms with van der Waals surface area (Å²) in [6.45, 7) is 5.30. The van der Waals surface area contributed by atoms with Crippen LogP contribution in [0.5, 0.6) is 0 Å². The Balaban J connectivity index is 2.26. The van der Waals surface area contributed by atoms with Gasteiger partial charge in [0.2, 0.25) is 0 Å². The normalized spacial score (nSPS) is 32.1. The molecule has 1 aliphatic carbocycles. The van der Waals surface area contributed by atoms with Crippen molar-refractivity contribution in [2.24, 2.45) is 11.8 Å². The van der Waals surface area contributed by atoms with Gasteiger partial charge >= 0.3 is 5.97 Å². The maximum absolute atomic E-state index is 11.9. The van der Waals surface area contributed by atoms with Crippen LogP contribution in [0.2, 0.25) is 0 Å². The van der Waals surface area contributed by atoms with Crippen LogP contribution >= 0.6 is 0 Å². The fraction of sp³-hybridized carbons (Fsp3) is 0.769. The smallest absolute Gasteiger partial charge is 0.335 e. The molecular weight excluding hydrogens is 218 g/mol. The largest absolute Gasteiger partial charge is 0.463 e. The molecule has 0 aromatic carbocycles. The van der Waals surface area contributed by atoms with Crippen LogP contribution in [0.1, 0.15) is 26.7 Å². The molecule has 1 fully saturated rings. The maximum Gasteiger partial charge on any atom is 0.335 e. The van der Waals surface area contributed by atoms with E-state index in [0.717, 1.165) is 30.7 Å². The van der Waals surface area contributed by atoms with Gasteiger partial charge in [-0.15, -0.1) is 0 Å². The van der Waals surface area contributed by atoms with E-state index in [0.29, 0.717) is 18.4 Å². The molecule has 1 heterocycles. The third kappa shape index (κ3) is 2.18. The quantitative estimate of drug-likeness (QED) is 0.758. The zero-order valence-electron chi connectivity index (χ0n) is 10.8. The second kappa shape index (κ2) is 5.08. The summed E-state index contributed by atoms with van der Waals surface area (Å²) in [7, 11) is 1.74. The summed E-state index contributed by atoms with van der Waals surface area (Å²) < 4.78 is 10.6. The van der Waals surface area contributed by atoms with Gasteiger partial charge < -0.3 is 14.8 Å². The lowest BCUT2D eigenvalue weighted by molar-refractivity contribution is -0.139. The highest BCUT2D eigenvalue weighted by atomic mass is 16.5. The molecule has 1 aliphatic heterocycles. The summed E-state index contributed by atoms with van der Waals surface area (Å²) in [5, 5.41) is 3.33. The third-order valence-electron chi connectivity index (χ3n) is 3.84. The van der Waals surface area contributed by atoms with Crippen LogP contribution in [0.3, 0.4) is 0 Å². The fourth-order valence-corrected chi connectivity index (χ4v) is 2.95. The number of methoxy groups -OCH3 is 1. The van der Waals surface area contributed by atoms with Crippen LogP contribution in [0.25, 0.3) is 0 Å². The van der Waals surface area contributed by atoms with Gasteiger partial charge in [-0.05, 0) is 25.7 Å². The Kier molecular flexibility index (Phi) is 3.72. The molecule has 0 spiro atoms. The summed E-state index contributed by atoms with van der Waals surface area (Å²) in [5.41, 5.74) is 1.89. The predicted octanol–water partition coefficient (Wildman–Crippen LogP) is 1.47. The van der Waals surface area contributed by atoms with Gasteiger partial charge in [0.05, 0.1) is 18.3 Å². The van der Waals surface area contributed by atoms with E-state index in [2.05, 4.69) is 12.2 Å². The lowest BCUT2D eigenvalue weighted by Crippen LogP contribution is -2.30. The van der Waals surface area contributed by atoms with E-state index in [1.807, 2.05) is 6.92 Å². The highest BCUT2D eigenvalue weighted by molar-refractivity contribution is 5.89. The second-order valence-corrected chi connectivity index (χ2v) is 4.81. The number of carbonyl (C=O) groups excluding carboxylic acids is 1. The minimum Gasteiger partial charge on any atom is -0.463 e. The number of esters is 1. The van der Waals surface area contributed by atoms with E-state index < -0.39 is 0 Å². The maximum atomic E-state index is 11.9. The summed E-state index contributed by atoms with van der Waals surface area (Å²) in [6.07, 6.45) is 2.03. The molecule has 4 nitrogen and oxygen atoms in total. The van der Waals surface area contributed by atoms with Crippen molar-refractivity contribution in [2.75, 3.05) is 20.3 Å². The van der Waals surface area contributed by atoms with Crippen LogP contribution in [0.4, 0.5) is 0 Å². The standard InChI is InChI=1S/C13H21NO3/c1-4-17-13(15)9-6-5-8(2)11-10(16-3)7-14-12(9)11/h8,10-11,14H,4-7H2,1-3H3/t8-,10-,11-/m1/s1. The van der Waals surface area contributed by atoms with E-state index in [1.165, 1.54) is 0 Å². The van der Waals surface area contributed by atoms with E-state index in [1.54, 1.807) is 7.11 Å². The average molecular weight is 239 g/mol. The van der Waals surface area contributed by atoms with Gasteiger partial charge in [0.1, 0.15) is 0 Å².